The van der Waals surface area contributed by atoms with Crippen LogP contribution in [0.5, 0.6) is 0 Å². The Labute approximate surface area is 138 Å². The molecule has 23 heavy (non-hydrogen) atoms. The van der Waals surface area contributed by atoms with Crippen molar-refractivity contribution < 1.29 is 9.18 Å². The van der Waals surface area contributed by atoms with E-state index in [2.05, 4.69) is 25.6 Å². The number of H-pyrrole nitrogens is 1. The number of aromatic nitrogens is 3. The zero-order valence-corrected chi connectivity index (χ0v) is 13.2. The normalized spacial score (nSPS) is 18.8. The molecule has 2 N–H and O–H groups in total. The lowest BCUT2D eigenvalue weighted by Crippen LogP contribution is -2.47. The fraction of sp³-hybridized carbons (Fsp3) is 0.400. The van der Waals surface area contributed by atoms with E-state index in [1.54, 1.807) is 6.07 Å². The summed E-state index contributed by atoms with van der Waals surface area (Å²) in [4.78, 5) is 14.2. The number of nitrogens with one attached hydrogen (secondary N) is 2. The molecule has 0 bridgehead atoms. The monoisotopic (exact) mass is 337 g/mol. The second-order valence-electron chi connectivity index (χ2n) is 5.64. The molecule has 1 aliphatic heterocycles. The van der Waals surface area contributed by atoms with E-state index >= 15 is 0 Å². The van der Waals surface area contributed by atoms with Gasteiger partial charge in [0.15, 0.2) is 5.69 Å². The van der Waals surface area contributed by atoms with Gasteiger partial charge < -0.3 is 5.32 Å². The SMILES string of the molecule is O=C(NC1CCCN(Cc2ccc(F)cc2Cl)C1)c1cn[nH]n1. The number of halogens is 2. The van der Waals surface area contributed by atoms with Crippen LogP contribution in [0, 0.1) is 5.82 Å². The maximum Gasteiger partial charge on any atom is 0.273 e. The van der Waals surface area contributed by atoms with Crippen molar-refractivity contribution in [3.8, 4) is 0 Å². The van der Waals surface area contributed by atoms with Crippen LogP contribution in [-0.2, 0) is 6.54 Å². The number of rotatable bonds is 4. The second kappa shape index (κ2) is 7.06. The first-order valence-electron chi connectivity index (χ1n) is 7.45. The first-order valence-corrected chi connectivity index (χ1v) is 7.82. The van der Waals surface area contributed by atoms with Crippen molar-refractivity contribution in [2.45, 2.75) is 25.4 Å². The first kappa shape index (κ1) is 15.9. The predicted molar refractivity (Wildman–Crippen MR) is 83.6 cm³/mol. The molecule has 0 spiro atoms. The van der Waals surface area contributed by atoms with Gasteiger partial charge in [-0.2, -0.15) is 15.4 Å². The molecule has 1 unspecified atom stereocenters. The maximum absolute atomic E-state index is 13.1. The number of benzene rings is 1. The quantitative estimate of drug-likeness (QED) is 0.895. The molecule has 0 saturated carbocycles. The number of carbonyl (C=O) groups excluding carboxylic acids is 1. The van der Waals surface area contributed by atoms with Crippen LogP contribution >= 0.6 is 11.6 Å². The molecule has 1 amide bonds. The van der Waals surface area contributed by atoms with Crippen molar-refractivity contribution in [2.75, 3.05) is 13.1 Å². The molecule has 8 heteroatoms. The molecule has 1 aromatic carbocycles. The molecule has 122 valence electrons. The smallest absolute Gasteiger partial charge is 0.273 e. The number of hydrogen-bond donors (Lipinski definition) is 2. The lowest BCUT2D eigenvalue weighted by Gasteiger charge is -2.33. The maximum atomic E-state index is 13.1. The van der Waals surface area contributed by atoms with Gasteiger partial charge in [0.05, 0.1) is 6.20 Å². The molecule has 1 atom stereocenters. The Morgan fingerprint density at radius 2 is 2.39 bits per heavy atom. The van der Waals surface area contributed by atoms with Gasteiger partial charge in [-0.05, 0) is 37.1 Å². The third-order valence-electron chi connectivity index (χ3n) is 3.90. The summed E-state index contributed by atoms with van der Waals surface area (Å²) >= 11 is 6.08. The number of amides is 1. The fourth-order valence-corrected chi connectivity index (χ4v) is 3.01. The second-order valence-corrected chi connectivity index (χ2v) is 6.05. The third kappa shape index (κ3) is 4.05. The van der Waals surface area contributed by atoms with E-state index in [0.717, 1.165) is 31.5 Å². The molecule has 6 nitrogen and oxygen atoms in total. The van der Waals surface area contributed by atoms with Crippen molar-refractivity contribution >= 4 is 17.5 Å². The molecule has 2 aromatic rings. The van der Waals surface area contributed by atoms with Crippen LogP contribution in [0.2, 0.25) is 5.02 Å². The van der Waals surface area contributed by atoms with Gasteiger partial charge >= 0.3 is 0 Å². The van der Waals surface area contributed by atoms with E-state index in [-0.39, 0.29) is 23.5 Å². The summed E-state index contributed by atoms with van der Waals surface area (Å²) in [6.07, 6.45) is 3.29. The van der Waals surface area contributed by atoms with Gasteiger partial charge in [0, 0.05) is 24.2 Å². The summed E-state index contributed by atoms with van der Waals surface area (Å²) in [5.74, 6) is -0.569. The molecule has 2 heterocycles. The first-order chi connectivity index (χ1) is 11.1. The number of aromatic amines is 1. The Hall–Kier alpha value is -1.99. The van der Waals surface area contributed by atoms with Crippen LogP contribution in [0.15, 0.2) is 24.4 Å². The standard InChI is InChI=1S/C15H17ClFN5O/c16-13-6-11(17)4-3-10(13)8-22-5-1-2-12(9-22)19-15(23)14-7-18-21-20-14/h3-4,6-7,12H,1-2,5,8-9H2,(H,19,23)(H,18,20,21). The fourth-order valence-electron chi connectivity index (χ4n) is 2.78. The van der Waals surface area contributed by atoms with E-state index in [9.17, 15) is 9.18 Å². The van der Waals surface area contributed by atoms with Crippen molar-refractivity contribution in [3.63, 3.8) is 0 Å². The summed E-state index contributed by atoms with van der Waals surface area (Å²) in [5, 5.41) is 13.2. The predicted octanol–water partition coefficient (Wildman–Crippen LogP) is 1.99. The highest BCUT2D eigenvalue weighted by atomic mass is 35.5. The number of piperidine rings is 1. The molecule has 1 aromatic heterocycles. The van der Waals surface area contributed by atoms with E-state index in [1.807, 2.05) is 0 Å². The van der Waals surface area contributed by atoms with Crippen LogP contribution in [-0.4, -0.2) is 45.3 Å². The summed E-state index contributed by atoms with van der Waals surface area (Å²) in [7, 11) is 0. The van der Waals surface area contributed by atoms with Gasteiger partial charge in [0.2, 0.25) is 0 Å². The molecule has 1 saturated heterocycles. The number of likely N-dealkylation sites (tertiary alicyclic amines) is 1. The van der Waals surface area contributed by atoms with Crippen LogP contribution < -0.4 is 5.32 Å². The minimum Gasteiger partial charge on any atom is -0.347 e. The molecule has 3 rings (SSSR count). The Morgan fingerprint density at radius 1 is 1.52 bits per heavy atom. The summed E-state index contributed by atoms with van der Waals surface area (Å²) in [5.41, 5.74) is 1.17. The Morgan fingerprint density at radius 3 is 3.13 bits per heavy atom. The lowest BCUT2D eigenvalue weighted by molar-refractivity contribution is 0.0895. The van der Waals surface area contributed by atoms with Gasteiger partial charge in [-0.1, -0.05) is 17.7 Å². The Kier molecular flexibility index (Phi) is 4.88. The van der Waals surface area contributed by atoms with Gasteiger partial charge in [-0.3, -0.25) is 9.69 Å². The lowest BCUT2D eigenvalue weighted by atomic mass is 10.0. The van der Waals surface area contributed by atoms with Crippen LogP contribution in [0.3, 0.4) is 0 Å². The zero-order chi connectivity index (χ0) is 16.2. The highest BCUT2D eigenvalue weighted by molar-refractivity contribution is 6.31. The summed E-state index contributed by atoms with van der Waals surface area (Å²) in [6.45, 7) is 2.27. The van der Waals surface area contributed by atoms with Crippen LogP contribution in [0.4, 0.5) is 4.39 Å². The van der Waals surface area contributed by atoms with Crippen molar-refractivity contribution in [1.29, 1.82) is 0 Å². The third-order valence-corrected chi connectivity index (χ3v) is 4.25. The number of hydrogen-bond acceptors (Lipinski definition) is 4. The minimum absolute atomic E-state index is 0.0483. The van der Waals surface area contributed by atoms with Gasteiger partial charge in [-0.15, -0.1) is 0 Å². The average molecular weight is 338 g/mol. The van der Waals surface area contributed by atoms with E-state index in [4.69, 9.17) is 11.6 Å². The Bertz CT molecular complexity index is 679. The Balaban J connectivity index is 1.58. The summed E-state index contributed by atoms with van der Waals surface area (Å²) in [6, 6.07) is 4.49. The molecule has 1 aliphatic rings. The van der Waals surface area contributed by atoms with Crippen molar-refractivity contribution in [1.82, 2.24) is 25.6 Å². The van der Waals surface area contributed by atoms with Crippen LogP contribution in [0.1, 0.15) is 28.9 Å². The topological polar surface area (TPSA) is 73.9 Å². The highest BCUT2D eigenvalue weighted by Gasteiger charge is 2.23. The molecule has 0 aliphatic carbocycles. The zero-order valence-electron chi connectivity index (χ0n) is 12.4. The van der Waals surface area contributed by atoms with E-state index in [0.29, 0.717) is 11.6 Å². The minimum atomic E-state index is -0.338. The molecular formula is C15H17ClFN5O. The summed E-state index contributed by atoms with van der Waals surface area (Å²) < 4.78 is 13.1. The van der Waals surface area contributed by atoms with Crippen molar-refractivity contribution in [3.05, 3.63) is 46.5 Å². The average Bonchev–Trinajstić information content (AvgIpc) is 3.05. The molecular weight excluding hydrogens is 321 g/mol. The van der Waals surface area contributed by atoms with Gasteiger partial charge in [0.25, 0.3) is 5.91 Å². The largest absolute Gasteiger partial charge is 0.347 e. The highest BCUT2D eigenvalue weighted by Crippen LogP contribution is 2.21. The molecule has 0 radical (unpaired) electrons. The van der Waals surface area contributed by atoms with Crippen molar-refractivity contribution in [2.24, 2.45) is 0 Å². The molecule has 1 fully saturated rings. The van der Waals surface area contributed by atoms with E-state index < -0.39 is 0 Å². The van der Waals surface area contributed by atoms with E-state index in [1.165, 1.54) is 18.3 Å². The van der Waals surface area contributed by atoms with Crippen LogP contribution in [0.25, 0.3) is 0 Å². The van der Waals surface area contributed by atoms with Gasteiger partial charge in [-0.25, -0.2) is 4.39 Å². The number of nitrogens with zero attached hydrogens (tertiary/aromatic N) is 3. The van der Waals surface area contributed by atoms with Gasteiger partial charge in [0.1, 0.15) is 5.82 Å². The number of carbonyl (C=O) groups is 1.